The zero-order valence-electron chi connectivity index (χ0n) is 13.4. The van der Waals surface area contributed by atoms with Crippen LogP contribution in [0.25, 0.3) is 0 Å². The second kappa shape index (κ2) is 6.51. The molecule has 0 fully saturated rings. The third kappa shape index (κ3) is 3.43. The summed E-state index contributed by atoms with van der Waals surface area (Å²) in [5.74, 6) is -0.177. The maximum absolute atomic E-state index is 12.6. The Morgan fingerprint density at radius 1 is 1.26 bits per heavy atom. The molecule has 0 aliphatic rings. The van der Waals surface area contributed by atoms with Crippen LogP contribution in [0.3, 0.4) is 0 Å². The van der Waals surface area contributed by atoms with Crippen molar-refractivity contribution in [2.45, 2.75) is 25.3 Å². The Balaban J connectivity index is 2.21. The first-order chi connectivity index (χ1) is 10.8. The first-order valence-corrected chi connectivity index (χ1v) is 8.28. The van der Waals surface area contributed by atoms with E-state index in [1.807, 2.05) is 0 Å². The van der Waals surface area contributed by atoms with Crippen molar-refractivity contribution in [2.75, 3.05) is 14.2 Å². The third-order valence-electron chi connectivity index (χ3n) is 3.42. The molecule has 23 heavy (non-hydrogen) atoms. The zero-order chi connectivity index (χ0) is 17.2. The van der Waals surface area contributed by atoms with Crippen LogP contribution in [0, 0.1) is 13.8 Å². The molecular weight excluding hydrogens is 320 g/mol. The van der Waals surface area contributed by atoms with Gasteiger partial charge in [-0.1, -0.05) is 17.3 Å². The summed E-state index contributed by atoms with van der Waals surface area (Å²) in [6.45, 7) is 3.31. The number of sulfonamides is 1. The molecule has 1 aromatic heterocycles. The van der Waals surface area contributed by atoms with Gasteiger partial charge in [-0.3, -0.25) is 0 Å². The van der Waals surface area contributed by atoms with Gasteiger partial charge < -0.3 is 9.26 Å². The van der Waals surface area contributed by atoms with Crippen molar-refractivity contribution in [3.05, 3.63) is 46.8 Å². The largest absolute Gasteiger partial charge is 0.465 e. The average molecular weight is 338 g/mol. The van der Waals surface area contributed by atoms with Crippen LogP contribution < -0.4 is 0 Å². The lowest BCUT2D eigenvalue weighted by Crippen LogP contribution is -2.27. The van der Waals surface area contributed by atoms with E-state index in [2.05, 4.69) is 9.89 Å². The molecule has 0 spiro atoms. The summed E-state index contributed by atoms with van der Waals surface area (Å²) in [5.41, 5.74) is 1.48. The molecule has 2 aromatic rings. The maximum atomic E-state index is 12.6. The predicted octanol–water partition coefficient (Wildman–Crippen LogP) is 1.90. The summed E-state index contributed by atoms with van der Waals surface area (Å²) in [6.07, 6.45) is 0. The predicted molar refractivity (Wildman–Crippen MR) is 82.4 cm³/mol. The molecule has 0 unspecified atom stereocenters. The topological polar surface area (TPSA) is 89.7 Å². The van der Waals surface area contributed by atoms with E-state index in [4.69, 9.17) is 4.52 Å². The van der Waals surface area contributed by atoms with Crippen molar-refractivity contribution >= 4 is 16.0 Å². The Morgan fingerprint density at radius 2 is 1.87 bits per heavy atom. The van der Waals surface area contributed by atoms with Gasteiger partial charge in [0.15, 0.2) is 5.76 Å². The van der Waals surface area contributed by atoms with Crippen LogP contribution >= 0.6 is 0 Å². The first kappa shape index (κ1) is 17.2. The number of methoxy groups -OCH3 is 1. The minimum atomic E-state index is -3.70. The van der Waals surface area contributed by atoms with Crippen LogP contribution in [0.2, 0.25) is 0 Å². The van der Waals surface area contributed by atoms with Crippen molar-refractivity contribution < 1.29 is 22.5 Å². The fourth-order valence-corrected chi connectivity index (χ4v) is 3.65. The quantitative estimate of drug-likeness (QED) is 0.774. The van der Waals surface area contributed by atoms with Crippen molar-refractivity contribution in [1.29, 1.82) is 0 Å². The lowest BCUT2D eigenvalue weighted by molar-refractivity contribution is 0.0600. The fourth-order valence-electron chi connectivity index (χ4n) is 2.20. The molecule has 0 amide bonds. The normalized spacial score (nSPS) is 11.7. The van der Waals surface area contributed by atoms with Crippen LogP contribution in [0.4, 0.5) is 0 Å². The molecule has 0 bridgehead atoms. The van der Waals surface area contributed by atoms with Crippen LogP contribution in [0.5, 0.6) is 0 Å². The van der Waals surface area contributed by atoms with Crippen LogP contribution in [0.15, 0.2) is 33.7 Å². The van der Waals surface area contributed by atoms with E-state index in [9.17, 15) is 13.2 Å². The fraction of sp³-hybridized carbons (Fsp3) is 0.333. The minimum absolute atomic E-state index is 0.0891. The highest BCUT2D eigenvalue weighted by molar-refractivity contribution is 7.89. The Labute approximate surface area is 134 Å². The molecule has 1 heterocycles. The van der Waals surface area contributed by atoms with E-state index in [1.165, 1.54) is 18.5 Å². The Bertz CT molecular complexity index is 789. The molecule has 0 atom stereocenters. The summed E-state index contributed by atoms with van der Waals surface area (Å²) >= 11 is 0. The SMILES string of the molecule is COC(=O)c1ccc(CN(C)S(=O)(=O)c2c(C)noc2C)cc1. The number of benzene rings is 1. The smallest absolute Gasteiger partial charge is 0.337 e. The molecule has 2 rings (SSSR count). The standard InChI is InChI=1S/C15H18N2O5S/c1-10-14(11(2)22-16-10)23(19,20)17(3)9-12-5-7-13(8-6-12)15(18)21-4/h5-8H,9H2,1-4H3. The van der Waals surface area contributed by atoms with Gasteiger partial charge >= 0.3 is 5.97 Å². The average Bonchev–Trinajstić information content (AvgIpc) is 2.86. The van der Waals surface area contributed by atoms with Gasteiger partial charge in [0.2, 0.25) is 10.0 Å². The van der Waals surface area contributed by atoms with Gasteiger partial charge in [-0.25, -0.2) is 13.2 Å². The molecule has 8 heteroatoms. The van der Waals surface area contributed by atoms with E-state index < -0.39 is 16.0 Å². The summed E-state index contributed by atoms with van der Waals surface area (Å²) < 4.78 is 36.0. The lowest BCUT2D eigenvalue weighted by Gasteiger charge is -2.17. The van der Waals surface area contributed by atoms with Gasteiger partial charge in [0.1, 0.15) is 10.6 Å². The van der Waals surface area contributed by atoms with Crippen LogP contribution in [0.1, 0.15) is 27.4 Å². The number of nitrogens with zero attached hydrogens (tertiary/aromatic N) is 2. The molecule has 7 nitrogen and oxygen atoms in total. The number of carbonyl (C=O) groups excluding carboxylic acids is 1. The van der Waals surface area contributed by atoms with Crippen LogP contribution in [-0.2, 0) is 21.3 Å². The summed E-state index contributed by atoms with van der Waals surface area (Å²) in [4.78, 5) is 11.5. The van der Waals surface area contributed by atoms with Crippen molar-refractivity contribution in [3.8, 4) is 0 Å². The van der Waals surface area contributed by atoms with E-state index in [0.29, 0.717) is 11.3 Å². The second-order valence-electron chi connectivity index (χ2n) is 5.10. The number of hydrogen-bond acceptors (Lipinski definition) is 6. The number of ether oxygens (including phenoxy) is 1. The van der Waals surface area contributed by atoms with E-state index >= 15 is 0 Å². The van der Waals surface area contributed by atoms with Gasteiger partial charge in [-0.05, 0) is 31.5 Å². The highest BCUT2D eigenvalue weighted by Gasteiger charge is 2.28. The Kier molecular flexibility index (Phi) is 4.86. The second-order valence-corrected chi connectivity index (χ2v) is 7.08. The van der Waals surface area contributed by atoms with E-state index in [-0.39, 0.29) is 17.2 Å². The lowest BCUT2D eigenvalue weighted by atomic mass is 10.1. The van der Waals surface area contributed by atoms with Crippen molar-refractivity contribution in [1.82, 2.24) is 9.46 Å². The molecule has 0 saturated heterocycles. The van der Waals surface area contributed by atoms with Gasteiger partial charge in [-0.15, -0.1) is 0 Å². The van der Waals surface area contributed by atoms with E-state index in [0.717, 1.165) is 5.56 Å². The summed E-state index contributed by atoms with van der Waals surface area (Å²) in [7, 11) is -0.914. The zero-order valence-corrected chi connectivity index (χ0v) is 14.2. The first-order valence-electron chi connectivity index (χ1n) is 6.84. The van der Waals surface area contributed by atoms with Crippen LogP contribution in [-0.4, -0.2) is 38.0 Å². The molecule has 124 valence electrons. The maximum Gasteiger partial charge on any atom is 0.337 e. The van der Waals surface area contributed by atoms with Gasteiger partial charge in [0, 0.05) is 13.6 Å². The van der Waals surface area contributed by atoms with Gasteiger partial charge in [-0.2, -0.15) is 4.31 Å². The minimum Gasteiger partial charge on any atom is -0.465 e. The van der Waals surface area contributed by atoms with Gasteiger partial charge in [0.25, 0.3) is 0 Å². The molecule has 0 radical (unpaired) electrons. The highest BCUT2D eigenvalue weighted by atomic mass is 32.2. The molecule has 0 aliphatic heterocycles. The monoisotopic (exact) mass is 338 g/mol. The van der Waals surface area contributed by atoms with Crippen molar-refractivity contribution in [2.24, 2.45) is 0 Å². The number of aromatic nitrogens is 1. The number of aryl methyl sites for hydroxylation is 2. The van der Waals surface area contributed by atoms with E-state index in [1.54, 1.807) is 38.1 Å². The summed E-state index contributed by atoms with van der Waals surface area (Å²) in [6, 6.07) is 6.56. The molecular formula is C15H18N2O5S. The molecule has 0 saturated carbocycles. The third-order valence-corrected chi connectivity index (χ3v) is 5.46. The number of esters is 1. The van der Waals surface area contributed by atoms with Crippen molar-refractivity contribution in [3.63, 3.8) is 0 Å². The Hall–Kier alpha value is -2.19. The number of carbonyl (C=O) groups is 1. The molecule has 0 aliphatic carbocycles. The highest BCUT2D eigenvalue weighted by Crippen LogP contribution is 2.23. The summed E-state index contributed by atoms with van der Waals surface area (Å²) in [5, 5.41) is 3.68. The molecule has 0 N–H and O–H groups in total. The number of rotatable bonds is 5. The molecule has 1 aromatic carbocycles. The van der Waals surface area contributed by atoms with Gasteiger partial charge in [0.05, 0.1) is 12.7 Å². The number of hydrogen-bond donors (Lipinski definition) is 0. The Morgan fingerprint density at radius 3 is 2.35 bits per heavy atom.